The van der Waals surface area contributed by atoms with Gasteiger partial charge < -0.3 is 25.3 Å². The van der Waals surface area contributed by atoms with Gasteiger partial charge in [0.05, 0.1) is 17.9 Å². The Morgan fingerprint density at radius 2 is 1.97 bits per heavy atom. The number of alkyl halides is 3. The first-order valence-electron chi connectivity index (χ1n) is 12.2. The van der Waals surface area contributed by atoms with E-state index in [1.165, 1.54) is 0 Å². The molecule has 3 aromatic heterocycles. The minimum atomic E-state index is -4.58. The molecule has 186 valence electrons. The highest BCUT2D eigenvalue weighted by Gasteiger charge is 2.41. The third kappa shape index (κ3) is 4.31. The monoisotopic (exact) mass is 487 g/mol. The van der Waals surface area contributed by atoms with Crippen molar-refractivity contribution >= 4 is 22.8 Å². The lowest BCUT2D eigenvalue weighted by Crippen LogP contribution is -2.52. The molecule has 0 radical (unpaired) electrons. The number of nitrogens with one attached hydrogen (secondary N) is 3. The number of rotatable bonds is 4. The van der Waals surface area contributed by atoms with Gasteiger partial charge in [0.25, 0.3) is 0 Å². The second-order valence-electron chi connectivity index (χ2n) is 9.68. The summed E-state index contributed by atoms with van der Waals surface area (Å²) in [6.45, 7) is 4.20. The van der Waals surface area contributed by atoms with E-state index in [-0.39, 0.29) is 23.3 Å². The first-order valence-corrected chi connectivity index (χ1v) is 12.2. The van der Waals surface area contributed by atoms with Crippen molar-refractivity contribution in [3.8, 4) is 11.3 Å². The van der Waals surface area contributed by atoms with Gasteiger partial charge in [-0.3, -0.25) is 0 Å². The van der Waals surface area contributed by atoms with E-state index in [1.807, 2.05) is 12.1 Å². The van der Waals surface area contributed by atoms with Gasteiger partial charge in [-0.05, 0) is 50.8 Å². The molecule has 3 aromatic rings. The number of piperidine rings is 2. The topological polar surface area (TPSA) is 91.0 Å². The van der Waals surface area contributed by atoms with E-state index in [4.69, 9.17) is 9.72 Å². The van der Waals surface area contributed by atoms with Crippen LogP contribution < -0.4 is 15.5 Å². The number of fused-ring (bicyclic) bond motifs is 1. The third-order valence-electron chi connectivity index (χ3n) is 7.47. The van der Waals surface area contributed by atoms with Crippen molar-refractivity contribution < 1.29 is 17.9 Å². The summed E-state index contributed by atoms with van der Waals surface area (Å²) >= 11 is 0. The molecule has 3 aliphatic heterocycles. The molecule has 1 atom stereocenters. The fourth-order valence-corrected chi connectivity index (χ4v) is 5.32. The summed E-state index contributed by atoms with van der Waals surface area (Å²) in [4.78, 5) is 18.3. The van der Waals surface area contributed by atoms with Gasteiger partial charge in [-0.2, -0.15) is 13.2 Å². The average molecular weight is 488 g/mol. The molecule has 6 rings (SSSR count). The van der Waals surface area contributed by atoms with E-state index in [0.717, 1.165) is 76.9 Å². The number of halogens is 3. The molecule has 6 heterocycles. The Morgan fingerprint density at radius 3 is 2.66 bits per heavy atom. The first kappa shape index (κ1) is 22.5. The van der Waals surface area contributed by atoms with Crippen molar-refractivity contribution in [3.05, 3.63) is 30.1 Å². The van der Waals surface area contributed by atoms with E-state index in [2.05, 4.69) is 30.5 Å². The molecule has 0 bridgehead atoms. The van der Waals surface area contributed by atoms with Crippen molar-refractivity contribution in [2.45, 2.75) is 49.9 Å². The van der Waals surface area contributed by atoms with Crippen LogP contribution in [0.15, 0.2) is 24.5 Å². The highest BCUT2D eigenvalue weighted by Crippen LogP contribution is 2.40. The summed E-state index contributed by atoms with van der Waals surface area (Å²) in [6.07, 6.45) is 2.79. The third-order valence-corrected chi connectivity index (χ3v) is 7.47. The van der Waals surface area contributed by atoms with Gasteiger partial charge in [-0.1, -0.05) is 0 Å². The van der Waals surface area contributed by atoms with Crippen LogP contribution in [0.1, 0.15) is 37.7 Å². The van der Waals surface area contributed by atoms with Crippen LogP contribution in [0.25, 0.3) is 22.3 Å². The zero-order chi connectivity index (χ0) is 24.0. The molecular formula is C24H28F3N7O. The number of ether oxygens (including phenoxy) is 1. The van der Waals surface area contributed by atoms with Gasteiger partial charge in [0.15, 0.2) is 0 Å². The number of nitrogens with zero attached hydrogens (tertiary/aromatic N) is 4. The molecule has 1 spiro atoms. The molecule has 3 saturated heterocycles. The molecule has 0 aliphatic carbocycles. The van der Waals surface area contributed by atoms with E-state index >= 15 is 0 Å². The van der Waals surface area contributed by atoms with Crippen molar-refractivity contribution in [3.63, 3.8) is 0 Å². The number of anilines is 2. The van der Waals surface area contributed by atoms with Crippen LogP contribution in [0.2, 0.25) is 0 Å². The van der Waals surface area contributed by atoms with Gasteiger partial charge in [-0.15, -0.1) is 0 Å². The second-order valence-corrected chi connectivity index (χ2v) is 9.68. The fraction of sp³-hybridized carbons (Fsp3) is 0.542. The maximum absolute atomic E-state index is 13.9. The summed E-state index contributed by atoms with van der Waals surface area (Å²) in [5, 5.41) is 7.06. The smallest absolute Gasteiger partial charge is 0.375 e. The van der Waals surface area contributed by atoms with E-state index in [9.17, 15) is 13.2 Å². The van der Waals surface area contributed by atoms with Crippen LogP contribution in [0.3, 0.4) is 0 Å². The van der Waals surface area contributed by atoms with Gasteiger partial charge >= 0.3 is 6.18 Å². The standard InChI is InChI=1S/C24H28F3N7O/c25-24(26,27)18-14-30-22(31-15-2-1-8-28-12-15)33-20(18)17-13-29-21-16(17)3-4-19(32-21)34-9-5-23(6-10-34)7-11-35-23/h3-4,13-15,28H,1-2,5-12H2,(H,29,32)(H,30,31,33). The fourth-order valence-electron chi connectivity index (χ4n) is 5.32. The largest absolute Gasteiger partial charge is 0.419 e. The Balaban J connectivity index is 1.30. The van der Waals surface area contributed by atoms with Crippen LogP contribution in [0.5, 0.6) is 0 Å². The highest BCUT2D eigenvalue weighted by atomic mass is 19.4. The summed E-state index contributed by atoms with van der Waals surface area (Å²) in [5.74, 6) is 1.01. The molecule has 3 N–H and O–H groups in total. The van der Waals surface area contributed by atoms with Gasteiger partial charge in [0.1, 0.15) is 17.0 Å². The lowest BCUT2D eigenvalue weighted by molar-refractivity contribution is -0.158. The predicted octanol–water partition coefficient (Wildman–Crippen LogP) is 3.96. The van der Waals surface area contributed by atoms with Crippen LogP contribution >= 0.6 is 0 Å². The first-order chi connectivity index (χ1) is 16.9. The van der Waals surface area contributed by atoms with Crippen LogP contribution in [0, 0.1) is 0 Å². The minimum absolute atomic E-state index is 0.0423. The normalized spacial score (nSPS) is 22.4. The Kier molecular flexibility index (Phi) is 5.56. The number of aromatic nitrogens is 4. The molecule has 0 aromatic carbocycles. The van der Waals surface area contributed by atoms with Crippen molar-refractivity contribution in [2.75, 3.05) is 43.0 Å². The molecule has 3 fully saturated rings. The number of hydrogen-bond donors (Lipinski definition) is 3. The van der Waals surface area contributed by atoms with Gasteiger partial charge in [-0.25, -0.2) is 15.0 Å². The Labute approximate surface area is 200 Å². The molecular weight excluding hydrogens is 459 g/mol. The number of hydrogen-bond acceptors (Lipinski definition) is 7. The van der Waals surface area contributed by atoms with E-state index in [0.29, 0.717) is 16.6 Å². The van der Waals surface area contributed by atoms with Gasteiger partial charge in [0.2, 0.25) is 5.95 Å². The zero-order valence-corrected chi connectivity index (χ0v) is 19.3. The minimum Gasteiger partial charge on any atom is -0.375 e. The quantitative estimate of drug-likeness (QED) is 0.513. The van der Waals surface area contributed by atoms with Crippen molar-refractivity contribution in [2.24, 2.45) is 0 Å². The summed E-state index contributed by atoms with van der Waals surface area (Å²) in [6, 6.07) is 3.78. The molecule has 0 saturated carbocycles. The van der Waals surface area contributed by atoms with Crippen molar-refractivity contribution in [1.82, 2.24) is 25.3 Å². The SMILES string of the molecule is FC(F)(F)c1cnc(NC2CCCNC2)nc1-c1c[nH]c2nc(N3CCC4(CCO4)CC3)ccc12. The van der Waals surface area contributed by atoms with Crippen LogP contribution in [-0.2, 0) is 10.9 Å². The molecule has 3 aliphatic rings. The van der Waals surface area contributed by atoms with Crippen LogP contribution in [0.4, 0.5) is 24.9 Å². The number of aromatic amines is 1. The number of H-pyrrole nitrogens is 1. The highest BCUT2D eigenvalue weighted by molar-refractivity contribution is 5.94. The lowest BCUT2D eigenvalue weighted by atomic mass is 9.84. The van der Waals surface area contributed by atoms with Crippen molar-refractivity contribution in [1.29, 1.82) is 0 Å². The summed E-state index contributed by atoms with van der Waals surface area (Å²) in [5.41, 5.74) is -0.0756. The van der Waals surface area contributed by atoms with E-state index < -0.39 is 11.7 Å². The van der Waals surface area contributed by atoms with Crippen LogP contribution in [-0.4, -0.2) is 64.4 Å². The molecule has 1 unspecified atom stereocenters. The lowest BCUT2D eigenvalue weighted by Gasteiger charge is -2.47. The molecule has 35 heavy (non-hydrogen) atoms. The van der Waals surface area contributed by atoms with E-state index in [1.54, 1.807) is 6.20 Å². The molecule has 0 amide bonds. The number of pyridine rings is 1. The zero-order valence-electron chi connectivity index (χ0n) is 19.3. The Hall–Kier alpha value is -2.92. The summed E-state index contributed by atoms with van der Waals surface area (Å²) in [7, 11) is 0. The Morgan fingerprint density at radius 1 is 1.14 bits per heavy atom. The summed E-state index contributed by atoms with van der Waals surface area (Å²) < 4.78 is 47.4. The maximum atomic E-state index is 13.9. The second kappa shape index (κ2) is 8.63. The van der Waals surface area contributed by atoms with Gasteiger partial charge in [0, 0.05) is 49.0 Å². The molecule has 11 heteroatoms. The predicted molar refractivity (Wildman–Crippen MR) is 126 cm³/mol. The molecule has 8 nitrogen and oxygen atoms in total. The average Bonchev–Trinajstić information content (AvgIpc) is 3.26. The maximum Gasteiger partial charge on any atom is 0.419 e. The Bertz CT molecular complexity index is 1210.